The van der Waals surface area contributed by atoms with Crippen LogP contribution in [0, 0.1) is 0 Å². The monoisotopic (exact) mass is 282 g/mol. The minimum absolute atomic E-state index is 0.00190. The maximum atomic E-state index is 12.3. The van der Waals surface area contributed by atoms with Crippen molar-refractivity contribution in [3.8, 4) is 5.88 Å². The zero-order chi connectivity index (χ0) is 14.7. The standard InChI is InChI=1S/C12H14N2O6/c1-19-12(18)8-6-20-3-2-14(8)11(17)7-4-9(15)13-10(16)5-7/h4-5,8H,2-3,6H2,1H3,(H2,13,15,16). The van der Waals surface area contributed by atoms with E-state index in [1.165, 1.54) is 12.0 Å². The Balaban J connectivity index is 2.29. The fraction of sp³-hybridized carbons (Fsp3) is 0.417. The van der Waals surface area contributed by atoms with Crippen LogP contribution in [0.2, 0.25) is 0 Å². The molecule has 0 saturated carbocycles. The number of nitrogens with zero attached hydrogens (tertiary/aromatic N) is 1. The molecule has 1 aromatic heterocycles. The molecule has 2 rings (SSSR count). The number of carbonyl (C=O) groups excluding carboxylic acids is 2. The third kappa shape index (κ3) is 2.80. The fourth-order valence-corrected chi connectivity index (χ4v) is 2.00. The Hall–Kier alpha value is -2.35. The first-order chi connectivity index (χ1) is 9.52. The van der Waals surface area contributed by atoms with Gasteiger partial charge in [-0.05, 0) is 0 Å². The van der Waals surface area contributed by atoms with Crippen LogP contribution in [0.4, 0.5) is 0 Å². The van der Waals surface area contributed by atoms with Crippen molar-refractivity contribution >= 4 is 11.9 Å². The molecule has 1 aromatic rings. The highest BCUT2D eigenvalue weighted by Crippen LogP contribution is 2.14. The number of ether oxygens (including phenoxy) is 2. The van der Waals surface area contributed by atoms with E-state index in [4.69, 9.17) is 4.74 Å². The minimum atomic E-state index is -0.859. The van der Waals surface area contributed by atoms with Crippen LogP contribution in [-0.2, 0) is 14.3 Å². The second kappa shape index (κ2) is 5.74. The Kier molecular flexibility index (Phi) is 4.04. The number of aromatic hydroxyl groups is 1. The van der Waals surface area contributed by atoms with Crippen molar-refractivity contribution in [2.24, 2.45) is 0 Å². The van der Waals surface area contributed by atoms with Gasteiger partial charge in [-0.2, -0.15) is 0 Å². The number of H-pyrrole nitrogens is 1. The average Bonchev–Trinajstić information content (AvgIpc) is 2.44. The summed E-state index contributed by atoms with van der Waals surface area (Å²) in [6, 6.07) is 1.34. The van der Waals surface area contributed by atoms with Crippen molar-refractivity contribution in [1.29, 1.82) is 0 Å². The molecule has 0 bridgehead atoms. The number of esters is 1. The molecular weight excluding hydrogens is 268 g/mol. The van der Waals surface area contributed by atoms with Gasteiger partial charge in [-0.3, -0.25) is 14.6 Å². The van der Waals surface area contributed by atoms with Crippen LogP contribution in [0.5, 0.6) is 5.88 Å². The van der Waals surface area contributed by atoms with Crippen molar-refractivity contribution in [2.75, 3.05) is 26.9 Å². The van der Waals surface area contributed by atoms with Gasteiger partial charge in [0.25, 0.3) is 11.5 Å². The molecule has 8 heteroatoms. The predicted molar refractivity (Wildman–Crippen MR) is 66.4 cm³/mol. The van der Waals surface area contributed by atoms with E-state index in [2.05, 4.69) is 9.72 Å². The lowest BCUT2D eigenvalue weighted by Gasteiger charge is -2.33. The SMILES string of the molecule is COC(=O)C1COCCN1C(=O)c1cc(O)[nH]c(=O)c1. The Morgan fingerprint density at radius 2 is 2.25 bits per heavy atom. The zero-order valence-electron chi connectivity index (χ0n) is 10.8. The number of rotatable bonds is 2. The van der Waals surface area contributed by atoms with Gasteiger partial charge >= 0.3 is 5.97 Å². The third-order valence-corrected chi connectivity index (χ3v) is 2.94. The number of morpholine rings is 1. The maximum Gasteiger partial charge on any atom is 0.331 e. The van der Waals surface area contributed by atoms with E-state index in [9.17, 15) is 19.5 Å². The Morgan fingerprint density at radius 3 is 2.90 bits per heavy atom. The van der Waals surface area contributed by atoms with Crippen molar-refractivity contribution in [3.05, 3.63) is 28.0 Å². The molecular formula is C12H14N2O6. The van der Waals surface area contributed by atoms with E-state index in [0.717, 1.165) is 12.1 Å². The lowest BCUT2D eigenvalue weighted by Crippen LogP contribution is -2.53. The van der Waals surface area contributed by atoms with Crippen LogP contribution in [-0.4, -0.2) is 59.8 Å². The van der Waals surface area contributed by atoms with E-state index in [1.807, 2.05) is 0 Å². The Labute approximate surface area is 113 Å². The van der Waals surface area contributed by atoms with Gasteiger partial charge in [0.15, 0.2) is 11.9 Å². The van der Waals surface area contributed by atoms with Gasteiger partial charge in [0.05, 0.1) is 25.9 Å². The molecule has 108 valence electrons. The minimum Gasteiger partial charge on any atom is -0.494 e. The van der Waals surface area contributed by atoms with Gasteiger partial charge in [-0.25, -0.2) is 4.79 Å². The number of methoxy groups -OCH3 is 1. The summed E-state index contributed by atoms with van der Waals surface area (Å²) < 4.78 is 9.78. The third-order valence-electron chi connectivity index (χ3n) is 2.94. The summed E-state index contributed by atoms with van der Waals surface area (Å²) in [5, 5.41) is 9.32. The molecule has 1 aliphatic heterocycles. The van der Waals surface area contributed by atoms with Crippen LogP contribution in [0.25, 0.3) is 0 Å². The molecule has 0 spiro atoms. The molecule has 1 fully saturated rings. The summed E-state index contributed by atoms with van der Waals surface area (Å²) in [4.78, 5) is 38.6. The van der Waals surface area contributed by atoms with Crippen LogP contribution in [0.3, 0.4) is 0 Å². The lowest BCUT2D eigenvalue weighted by atomic mass is 10.1. The van der Waals surface area contributed by atoms with E-state index >= 15 is 0 Å². The van der Waals surface area contributed by atoms with Crippen LogP contribution in [0.1, 0.15) is 10.4 Å². The van der Waals surface area contributed by atoms with E-state index in [1.54, 1.807) is 0 Å². The molecule has 0 radical (unpaired) electrons. The number of pyridine rings is 1. The molecule has 1 aliphatic rings. The summed E-state index contributed by atoms with van der Waals surface area (Å²) >= 11 is 0. The van der Waals surface area contributed by atoms with E-state index in [-0.39, 0.29) is 25.3 Å². The second-order valence-electron chi connectivity index (χ2n) is 4.23. The Morgan fingerprint density at radius 1 is 1.50 bits per heavy atom. The van der Waals surface area contributed by atoms with Gasteiger partial charge in [0.2, 0.25) is 0 Å². The molecule has 2 heterocycles. The molecule has 0 aliphatic carbocycles. The van der Waals surface area contributed by atoms with E-state index < -0.39 is 29.4 Å². The molecule has 20 heavy (non-hydrogen) atoms. The number of nitrogens with one attached hydrogen (secondary N) is 1. The van der Waals surface area contributed by atoms with Gasteiger partial charge in [0, 0.05) is 18.7 Å². The van der Waals surface area contributed by atoms with Gasteiger partial charge in [-0.15, -0.1) is 0 Å². The summed E-state index contributed by atoms with van der Waals surface area (Å²) in [6.07, 6.45) is 0. The normalized spacial score (nSPS) is 18.6. The predicted octanol–water partition coefficient (Wildman–Crippen LogP) is -0.905. The number of aromatic nitrogens is 1. The van der Waals surface area contributed by atoms with Crippen LogP contribution >= 0.6 is 0 Å². The topological polar surface area (TPSA) is 109 Å². The molecule has 8 nitrogen and oxygen atoms in total. The summed E-state index contributed by atoms with van der Waals surface area (Å²) in [5.74, 6) is -1.54. The van der Waals surface area contributed by atoms with E-state index in [0.29, 0.717) is 0 Å². The summed E-state index contributed by atoms with van der Waals surface area (Å²) in [6.45, 7) is 0.522. The highest BCUT2D eigenvalue weighted by atomic mass is 16.5. The van der Waals surface area contributed by atoms with Gasteiger partial charge < -0.3 is 19.5 Å². The molecule has 0 aromatic carbocycles. The van der Waals surface area contributed by atoms with Gasteiger partial charge in [-0.1, -0.05) is 0 Å². The van der Waals surface area contributed by atoms with Crippen molar-refractivity contribution in [2.45, 2.75) is 6.04 Å². The molecule has 1 unspecified atom stereocenters. The highest BCUT2D eigenvalue weighted by Gasteiger charge is 2.34. The first-order valence-electron chi connectivity index (χ1n) is 5.93. The van der Waals surface area contributed by atoms with Crippen LogP contribution < -0.4 is 5.56 Å². The molecule has 1 saturated heterocycles. The number of aromatic amines is 1. The number of hydrogen-bond acceptors (Lipinski definition) is 6. The van der Waals surface area contributed by atoms with Gasteiger partial charge in [0.1, 0.15) is 0 Å². The number of amides is 1. The quantitative estimate of drug-likeness (QED) is 0.680. The molecule has 2 N–H and O–H groups in total. The van der Waals surface area contributed by atoms with Crippen molar-refractivity contribution in [1.82, 2.24) is 9.88 Å². The van der Waals surface area contributed by atoms with Crippen molar-refractivity contribution in [3.63, 3.8) is 0 Å². The highest BCUT2D eigenvalue weighted by molar-refractivity contribution is 5.97. The zero-order valence-corrected chi connectivity index (χ0v) is 10.8. The maximum absolute atomic E-state index is 12.3. The lowest BCUT2D eigenvalue weighted by molar-refractivity contribution is -0.151. The summed E-state index contributed by atoms with van der Waals surface area (Å²) in [5.41, 5.74) is -0.599. The smallest absolute Gasteiger partial charge is 0.331 e. The number of carbonyl (C=O) groups is 2. The Bertz CT molecular complexity index is 582. The van der Waals surface area contributed by atoms with Crippen molar-refractivity contribution < 1.29 is 24.2 Å². The number of hydrogen-bond donors (Lipinski definition) is 2. The first kappa shape index (κ1) is 14.1. The fourth-order valence-electron chi connectivity index (χ4n) is 2.00. The largest absolute Gasteiger partial charge is 0.494 e. The first-order valence-corrected chi connectivity index (χ1v) is 5.93. The molecule has 1 amide bonds. The molecule has 1 atom stereocenters. The summed E-state index contributed by atoms with van der Waals surface area (Å²) in [7, 11) is 1.22. The second-order valence-corrected chi connectivity index (χ2v) is 4.23. The average molecular weight is 282 g/mol. The van der Waals surface area contributed by atoms with Crippen LogP contribution in [0.15, 0.2) is 16.9 Å².